The van der Waals surface area contributed by atoms with Crippen molar-refractivity contribution >= 4 is 21.6 Å². The Morgan fingerprint density at radius 2 is 2.00 bits per heavy atom. The lowest BCUT2D eigenvalue weighted by atomic mass is 10.2. The minimum atomic E-state index is -3.93. The van der Waals surface area contributed by atoms with E-state index in [1.165, 1.54) is 15.2 Å². The van der Waals surface area contributed by atoms with Crippen molar-refractivity contribution in [3.05, 3.63) is 36.0 Å². The maximum Gasteiger partial charge on any atom is 0.263 e. The van der Waals surface area contributed by atoms with Gasteiger partial charge in [0.15, 0.2) is 0 Å². The van der Waals surface area contributed by atoms with Gasteiger partial charge in [0.25, 0.3) is 15.9 Å². The Morgan fingerprint density at radius 3 is 2.70 bits per heavy atom. The molecular weight excluding hydrogens is 446 g/mol. The first-order chi connectivity index (χ1) is 15.9. The van der Waals surface area contributed by atoms with Crippen LogP contribution in [0, 0.1) is 0 Å². The Morgan fingerprint density at radius 1 is 1.24 bits per heavy atom. The van der Waals surface area contributed by atoms with Gasteiger partial charge in [-0.2, -0.15) is 9.40 Å². The Kier molecular flexibility index (Phi) is 7.20. The molecule has 2 aliphatic rings. The van der Waals surface area contributed by atoms with Gasteiger partial charge in [0.05, 0.1) is 24.0 Å². The second-order valence-electron chi connectivity index (χ2n) is 8.16. The van der Waals surface area contributed by atoms with E-state index in [-0.39, 0.29) is 29.8 Å². The molecule has 180 valence electrons. The van der Waals surface area contributed by atoms with Gasteiger partial charge in [-0.05, 0) is 31.9 Å². The Hall–Kier alpha value is -2.63. The van der Waals surface area contributed by atoms with E-state index in [2.05, 4.69) is 15.3 Å². The molecule has 1 atom stereocenters. The van der Waals surface area contributed by atoms with E-state index in [4.69, 9.17) is 9.47 Å². The zero-order valence-corrected chi connectivity index (χ0v) is 19.9. The second kappa shape index (κ2) is 10.1. The molecule has 0 radical (unpaired) electrons. The molecule has 1 aromatic carbocycles. The summed E-state index contributed by atoms with van der Waals surface area (Å²) < 4.78 is 40.8. The van der Waals surface area contributed by atoms with Crippen LogP contribution in [0.4, 0.5) is 5.69 Å². The van der Waals surface area contributed by atoms with Crippen molar-refractivity contribution in [3.63, 3.8) is 0 Å². The fourth-order valence-corrected chi connectivity index (χ4v) is 5.75. The lowest BCUT2D eigenvalue weighted by Gasteiger charge is -2.35. The minimum absolute atomic E-state index is 0.0293. The molecule has 0 spiro atoms. The number of anilines is 1. The van der Waals surface area contributed by atoms with Gasteiger partial charge in [0.2, 0.25) is 5.03 Å². The van der Waals surface area contributed by atoms with E-state index in [1.54, 1.807) is 7.05 Å². The molecule has 1 N–H and O–H groups in total. The van der Waals surface area contributed by atoms with Crippen LogP contribution >= 0.6 is 0 Å². The minimum Gasteiger partial charge on any atom is -0.492 e. The highest BCUT2D eigenvalue weighted by atomic mass is 32.2. The fourth-order valence-electron chi connectivity index (χ4n) is 4.21. The number of para-hydroxylation sites is 2. The smallest absolute Gasteiger partial charge is 0.263 e. The van der Waals surface area contributed by atoms with E-state index in [1.807, 2.05) is 31.2 Å². The Balaban J connectivity index is 1.46. The quantitative estimate of drug-likeness (QED) is 0.610. The molecule has 2 fully saturated rings. The number of nitrogens with one attached hydrogen (secondary N) is 1. The first-order valence-electron chi connectivity index (χ1n) is 11.3. The first-order valence-corrected chi connectivity index (χ1v) is 12.7. The van der Waals surface area contributed by atoms with Gasteiger partial charge in [0, 0.05) is 52.6 Å². The van der Waals surface area contributed by atoms with Gasteiger partial charge in [-0.15, -0.1) is 0 Å². The zero-order valence-electron chi connectivity index (χ0n) is 19.1. The van der Waals surface area contributed by atoms with Crippen molar-refractivity contribution in [2.45, 2.75) is 30.9 Å². The van der Waals surface area contributed by atoms with Gasteiger partial charge in [-0.25, -0.2) is 8.42 Å². The normalized spacial score (nSPS) is 19.6. The monoisotopic (exact) mass is 477 g/mol. The van der Waals surface area contributed by atoms with Crippen LogP contribution in [0.3, 0.4) is 0 Å². The zero-order chi connectivity index (χ0) is 23.4. The summed E-state index contributed by atoms with van der Waals surface area (Å²) in [5, 5.41) is 6.72. The number of sulfonamides is 1. The lowest BCUT2D eigenvalue weighted by Crippen LogP contribution is -2.49. The van der Waals surface area contributed by atoms with Crippen LogP contribution < -0.4 is 15.0 Å². The predicted octanol–water partition coefficient (Wildman–Crippen LogP) is 1.24. The van der Waals surface area contributed by atoms with Gasteiger partial charge in [-0.1, -0.05) is 12.1 Å². The number of piperazine rings is 1. The maximum atomic E-state index is 13.4. The highest BCUT2D eigenvalue weighted by Gasteiger charge is 2.35. The molecule has 33 heavy (non-hydrogen) atoms. The van der Waals surface area contributed by atoms with Gasteiger partial charge >= 0.3 is 0 Å². The number of nitrogens with zero attached hydrogens (tertiary/aromatic N) is 4. The first kappa shape index (κ1) is 23.5. The molecule has 3 heterocycles. The molecule has 2 aromatic rings. The van der Waals surface area contributed by atoms with Crippen LogP contribution in [0.1, 0.15) is 30.1 Å². The van der Waals surface area contributed by atoms with Gasteiger partial charge in [0.1, 0.15) is 5.75 Å². The number of aryl methyl sites for hydroxylation is 1. The van der Waals surface area contributed by atoms with E-state index in [0.29, 0.717) is 32.8 Å². The van der Waals surface area contributed by atoms with Crippen LogP contribution in [0.2, 0.25) is 0 Å². The molecule has 11 heteroatoms. The van der Waals surface area contributed by atoms with E-state index in [0.717, 1.165) is 24.3 Å². The average Bonchev–Trinajstić information content (AvgIpc) is 3.48. The van der Waals surface area contributed by atoms with Crippen LogP contribution in [0.5, 0.6) is 5.75 Å². The van der Waals surface area contributed by atoms with Crippen molar-refractivity contribution in [1.29, 1.82) is 0 Å². The summed E-state index contributed by atoms with van der Waals surface area (Å²) in [5.41, 5.74) is 1.00. The molecule has 0 bridgehead atoms. The summed E-state index contributed by atoms with van der Waals surface area (Å²) in [6.45, 7) is 5.13. The fraction of sp³-hybridized carbons (Fsp3) is 0.545. The largest absolute Gasteiger partial charge is 0.492 e. The number of rotatable bonds is 8. The molecule has 1 aromatic heterocycles. The molecule has 10 nitrogen and oxygen atoms in total. The lowest BCUT2D eigenvalue weighted by molar-refractivity contribution is 0.0855. The molecule has 0 aliphatic carbocycles. The van der Waals surface area contributed by atoms with Crippen molar-refractivity contribution in [2.24, 2.45) is 7.05 Å². The average molecular weight is 478 g/mol. The topological polar surface area (TPSA) is 106 Å². The van der Waals surface area contributed by atoms with Crippen LogP contribution in [-0.2, 0) is 21.8 Å². The molecule has 1 amide bonds. The van der Waals surface area contributed by atoms with Crippen molar-refractivity contribution in [3.8, 4) is 5.75 Å². The number of ether oxygens (including phenoxy) is 2. The summed E-state index contributed by atoms with van der Waals surface area (Å²) in [4.78, 5) is 14.9. The predicted molar refractivity (Wildman–Crippen MR) is 123 cm³/mol. The van der Waals surface area contributed by atoms with Crippen LogP contribution in [0.25, 0.3) is 0 Å². The van der Waals surface area contributed by atoms with E-state index >= 15 is 0 Å². The van der Waals surface area contributed by atoms with Crippen LogP contribution in [0.15, 0.2) is 35.5 Å². The Labute approximate surface area is 194 Å². The third-order valence-corrected chi connectivity index (χ3v) is 7.72. The number of aromatic nitrogens is 2. The number of carbonyl (C=O) groups excluding carboxylic acids is 1. The molecule has 4 rings (SSSR count). The van der Waals surface area contributed by atoms with Crippen molar-refractivity contribution in [2.75, 3.05) is 50.8 Å². The summed E-state index contributed by atoms with van der Waals surface area (Å²) in [6, 6.07) is 7.75. The number of benzene rings is 1. The summed E-state index contributed by atoms with van der Waals surface area (Å²) in [7, 11) is -2.32. The standard InChI is InChI=1S/C22H31N5O5S/c1-3-31-20-9-5-4-8-19(20)26-10-12-27(13-11-26)33(29,30)22-18(16-25(2)24-22)21(28)23-15-17-7-6-14-32-17/h4-5,8-9,16-17H,3,6-7,10-15H2,1-2H3,(H,23,28)/t17-/m0/s1. The Bertz CT molecular complexity index is 1070. The number of amides is 1. The van der Waals surface area contributed by atoms with Gasteiger partial charge < -0.3 is 19.7 Å². The molecule has 2 saturated heterocycles. The third kappa shape index (κ3) is 5.15. The maximum absolute atomic E-state index is 13.4. The third-order valence-electron chi connectivity index (χ3n) is 5.88. The van der Waals surface area contributed by atoms with Crippen molar-refractivity contribution in [1.82, 2.24) is 19.4 Å². The molecule has 0 unspecified atom stereocenters. The van der Waals surface area contributed by atoms with E-state index < -0.39 is 15.9 Å². The SMILES string of the molecule is CCOc1ccccc1N1CCN(S(=O)(=O)c2nn(C)cc2C(=O)NC[C@@H]2CCCO2)CC1. The highest BCUT2D eigenvalue weighted by Crippen LogP contribution is 2.30. The summed E-state index contributed by atoms with van der Waals surface area (Å²) in [6.07, 6.45) is 3.27. The van der Waals surface area contributed by atoms with Gasteiger partial charge in [-0.3, -0.25) is 9.48 Å². The summed E-state index contributed by atoms with van der Waals surface area (Å²) in [5.74, 6) is 0.327. The second-order valence-corrected chi connectivity index (χ2v) is 10.0. The number of hydrogen-bond donors (Lipinski definition) is 1. The van der Waals surface area contributed by atoms with E-state index in [9.17, 15) is 13.2 Å². The molecule has 2 aliphatic heterocycles. The number of carbonyl (C=O) groups is 1. The van der Waals surface area contributed by atoms with Crippen LogP contribution in [-0.4, -0.2) is 80.5 Å². The number of hydrogen-bond acceptors (Lipinski definition) is 7. The van der Waals surface area contributed by atoms with Crippen molar-refractivity contribution < 1.29 is 22.7 Å². The molecular formula is C22H31N5O5S. The molecule has 0 saturated carbocycles. The highest BCUT2D eigenvalue weighted by molar-refractivity contribution is 7.89. The summed E-state index contributed by atoms with van der Waals surface area (Å²) >= 11 is 0.